The van der Waals surface area contributed by atoms with Gasteiger partial charge in [0.15, 0.2) is 6.61 Å². The number of ether oxygens (including phenoxy) is 1. The van der Waals surface area contributed by atoms with Gasteiger partial charge in [-0.1, -0.05) is 42.5 Å². The lowest BCUT2D eigenvalue weighted by Gasteiger charge is -2.10. The summed E-state index contributed by atoms with van der Waals surface area (Å²) in [5.74, 6) is 4.67. The molecule has 4 N–H and O–H groups in total. The van der Waals surface area contributed by atoms with Crippen molar-refractivity contribution in [1.29, 1.82) is 0 Å². The Labute approximate surface area is 128 Å². The standard InChI is InChI=1S/C16H17N3O3/c17-19-16(21)13-8-4-5-9-14(13)22-11-15(20)18-10-12-6-2-1-3-7-12/h1-9H,10-11,17H2,(H,18,20)(H,19,21). The second-order valence-electron chi connectivity index (χ2n) is 4.52. The molecule has 22 heavy (non-hydrogen) atoms. The van der Waals surface area contributed by atoms with E-state index < -0.39 is 5.91 Å². The minimum Gasteiger partial charge on any atom is -0.483 e. The van der Waals surface area contributed by atoms with E-state index in [9.17, 15) is 9.59 Å². The average molecular weight is 299 g/mol. The highest BCUT2D eigenvalue weighted by Gasteiger charge is 2.11. The van der Waals surface area contributed by atoms with Crippen LogP contribution in [-0.4, -0.2) is 18.4 Å². The topological polar surface area (TPSA) is 93.4 Å². The highest BCUT2D eigenvalue weighted by atomic mass is 16.5. The van der Waals surface area contributed by atoms with Crippen LogP contribution in [0.5, 0.6) is 5.75 Å². The van der Waals surface area contributed by atoms with Crippen LogP contribution in [0.4, 0.5) is 0 Å². The fourth-order valence-electron chi connectivity index (χ4n) is 1.85. The summed E-state index contributed by atoms with van der Waals surface area (Å²) in [4.78, 5) is 23.4. The molecular formula is C16H17N3O3. The van der Waals surface area contributed by atoms with Gasteiger partial charge in [-0.05, 0) is 17.7 Å². The Morgan fingerprint density at radius 2 is 1.68 bits per heavy atom. The van der Waals surface area contributed by atoms with E-state index in [1.807, 2.05) is 35.8 Å². The van der Waals surface area contributed by atoms with E-state index in [1.165, 1.54) is 0 Å². The van der Waals surface area contributed by atoms with Crippen LogP contribution >= 0.6 is 0 Å². The van der Waals surface area contributed by atoms with Gasteiger partial charge in [-0.15, -0.1) is 0 Å². The lowest BCUT2D eigenvalue weighted by Crippen LogP contribution is -2.31. The molecule has 2 aromatic rings. The van der Waals surface area contributed by atoms with Gasteiger partial charge in [0, 0.05) is 6.54 Å². The van der Waals surface area contributed by atoms with Crippen LogP contribution in [0, 0.1) is 0 Å². The second-order valence-corrected chi connectivity index (χ2v) is 4.52. The summed E-state index contributed by atoms with van der Waals surface area (Å²) >= 11 is 0. The summed E-state index contributed by atoms with van der Waals surface area (Å²) in [5.41, 5.74) is 3.31. The zero-order chi connectivity index (χ0) is 15.8. The molecule has 0 aliphatic heterocycles. The first-order valence-corrected chi connectivity index (χ1v) is 6.74. The van der Waals surface area contributed by atoms with E-state index in [0.29, 0.717) is 12.3 Å². The molecule has 2 amide bonds. The Morgan fingerprint density at radius 3 is 2.41 bits per heavy atom. The first-order valence-electron chi connectivity index (χ1n) is 6.74. The predicted octanol–water partition coefficient (Wildman–Crippen LogP) is 0.985. The summed E-state index contributed by atoms with van der Waals surface area (Å²) in [6.45, 7) is 0.246. The van der Waals surface area contributed by atoms with Crippen molar-refractivity contribution in [3.63, 3.8) is 0 Å². The third-order valence-electron chi connectivity index (χ3n) is 2.95. The van der Waals surface area contributed by atoms with Crippen molar-refractivity contribution in [3.8, 4) is 5.75 Å². The van der Waals surface area contributed by atoms with Gasteiger partial charge in [0.05, 0.1) is 5.56 Å². The van der Waals surface area contributed by atoms with Gasteiger partial charge in [0.2, 0.25) is 0 Å². The summed E-state index contributed by atoms with van der Waals surface area (Å²) in [6, 6.07) is 16.1. The molecule has 0 saturated heterocycles. The van der Waals surface area contributed by atoms with Crippen molar-refractivity contribution >= 4 is 11.8 Å². The molecule has 0 saturated carbocycles. The molecular weight excluding hydrogens is 282 g/mol. The molecule has 0 aliphatic carbocycles. The summed E-state index contributed by atoms with van der Waals surface area (Å²) in [7, 11) is 0. The van der Waals surface area contributed by atoms with Gasteiger partial charge in [0.1, 0.15) is 5.75 Å². The first kappa shape index (κ1) is 15.5. The number of amides is 2. The maximum absolute atomic E-state index is 11.8. The van der Waals surface area contributed by atoms with E-state index in [4.69, 9.17) is 10.6 Å². The van der Waals surface area contributed by atoms with Crippen molar-refractivity contribution in [2.24, 2.45) is 5.84 Å². The van der Waals surface area contributed by atoms with Crippen molar-refractivity contribution in [2.45, 2.75) is 6.54 Å². The number of nitrogens with one attached hydrogen (secondary N) is 2. The third kappa shape index (κ3) is 4.32. The molecule has 6 nitrogen and oxygen atoms in total. The molecule has 0 bridgehead atoms. The van der Waals surface area contributed by atoms with E-state index in [-0.39, 0.29) is 18.1 Å². The normalized spacial score (nSPS) is 9.86. The lowest BCUT2D eigenvalue weighted by molar-refractivity contribution is -0.123. The number of carbonyl (C=O) groups excluding carboxylic acids is 2. The Hall–Kier alpha value is -2.86. The number of hydrazine groups is 1. The van der Waals surface area contributed by atoms with Crippen LogP contribution in [0.1, 0.15) is 15.9 Å². The maximum atomic E-state index is 11.8. The zero-order valence-electron chi connectivity index (χ0n) is 11.9. The number of nitrogens with two attached hydrogens (primary N) is 1. The fourth-order valence-corrected chi connectivity index (χ4v) is 1.85. The SMILES string of the molecule is NNC(=O)c1ccccc1OCC(=O)NCc1ccccc1. The third-order valence-corrected chi connectivity index (χ3v) is 2.95. The Morgan fingerprint density at radius 1 is 1.00 bits per heavy atom. The second kappa shape index (κ2) is 7.80. The minimum atomic E-state index is -0.472. The molecule has 0 heterocycles. The van der Waals surface area contributed by atoms with Crippen molar-refractivity contribution in [1.82, 2.24) is 10.7 Å². The van der Waals surface area contributed by atoms with Gasteiger partial charge in [0.25, 0.3) is 11.8 Å². The van der Waals surface area contributed by atoms with E-state index in [2.05, 4.69) is 5.32 Å². The minimum absolute atomic E-state index is 0.179. The van der Waals surface area contributed by atoms with Crippen LogP contribution in [0.25, 0.3) is 0 Å². The van der Waals surface area contributed by atoms with E-state index >= 15 is 0 Å². The monoisotopic (exact) mass is 299 g/mol. The number of hydrogen-bond acceptors (Lipinski definition) is 4. The maximum Gasteiger partial charge on any atom is 0.268 e. The van der Waals surface area contributed by atoms with E-state index in [0.717, 1.165) is 5.56 Å². The van der Waals surface area contributed by atoms with Crippen LogP contribution in [0.2, 0.25) is 0 Å². The number of rotatable bonds is 6. The molecule has 0 unspecified atom stereocenters. The average Bonchev–Trinajstić information content (AvgIpc) is 2.58. The van der Waals surface area contributed by atoms with Gasteiger partial charge >= 0.3 is 0 Å². The Balaban J connectivity index is 1.87. The van der Waals surface area contributed by atoms with Gasteiger partial charge in [-0.25, -0.2) is 5.84 Å². The molecule has 114 valence electrons. The molecule has 2 aromatic carbocycles. The van der Waals surface area contributed by atoms with Crippen LogP contribution in [-0.2, 0) is 11.3 Å². The van der Waals surface area contributed by atoms with E-state index in [1.54, 1.807) is 24.3 Å². The van der Waals surface area contributed by atoms with Crippen LogP contribution in [0.15, 0.2) is 54.6 Å². The number of hydrogen-bond donors (Lipinski definition) is 3. The summed E-state index contributed by atoms with van der Waals surface area (Å²) in [6.07, 6.45) is 0. The van der Waals surface area contributed by atoms with Crippen LogP contribution < -0.4 is 21.3 Å². The molecule has 0 atom stereocenters. The molecule has 6 heteroatoms. The number of para-hydroxylation sites is 1. The Kier molecular flexibility index (Phi) is 5.50. The quantitative estimate of drug-likeness (QED) is 0.421. The predicted molar refractivity (Wildman–Crippen MR) is 81.9 cm³/mol. The van der Waals surface area contributed by atoms with Crippen molar-refractivity contribution in [3.05, 3.63) is 65.7 Å². The van der Waals surface area contributed by atoms with Crippen molar-refractivity contribution < 1.29 is 14.3 Å². The van der Waals surface area contributed by atoms with Gasteiger partial charge in [-0.3, -0.25) is 15.0 Å². The lowest BCUT2D eigenvalue weighted by atomic mass is 10.2. The number of nitrogen functional groups attached to an aromatic ring is 1. The Bertz CT molecular complexity index is 644. The molecule has 0 aliphatic rings. The number of carbonyl (C=O) groups is 2. The molecule has 0 radical (unpaired) electrons. The van der Waals surface area contributed by atoms with Crippen LogP contribution in [0.3, 0.4) is 0 Å². The summed E-state index contributed by atoms with van der Waals surface area (Å²) < 4.78 is 5.38. The highest BCUT2D eigenvalue weighted by Crippen LogP contribution is 2.17. The van der Waals surface area contributed by atoms with Gasteiger partial charge in [-0.2, -0.15) is 0 Å². The highest BCUT2D eigenvalue weighted by molar-refractivity contribution is 5.96. The number of benzene rings is 2. The summed E-state index contributed by atoms with van der Waals surface area (Å²) in [5, 5.41) is 2.74. The zero-order valence-corrected chi connectivity index (χ0v) is 11.9. The largest absolute Gasteiger partial charge is 0.483 e. The molecule has 2 rings (SSSR count). The smallest absolute Gasteiger partial charge is 0.268 e. The van der Waals surface area contributed by atoms with Crippen molar-refractivity contribution in [2.75, 3.05) is 6.61 Å². The first-order chi connectivity index (χ1) is 10.7. The molecule has 0 fully saturated rings. The van der Waals surface area contributed by atoms with Gasteiger partial charge < -0.3 is 10.1 Å². The molecule has 0 spiro atoms. The fraction of sp³-hybridized carbons (Fsp3) is 0.125. The molecule has 0 aromatic heterocycles.